The molecule has 0 bridgehead atoms. The third-order valence-corrected chi connectivity index (χ3v) is 6.05. The molecule has 1 fully saturated rings. The summed E-state index contributed by atoms with van der Waals surface area (Å²) < 4.78 is 0. The zero-order valence-electron chi connectivity index (χ0n) is 18.4. The highest BCUT2D eigenvalue weighted by Crippen LogP contribution is 2.32. The van der Waals surface area contributed by atoms with Crippen molar-refractivity contribution >= 4 is 40.9 Å². The molecule has 1 heterocycles. The first-order valence-electron chi connectivity index (χ1n) is 10.7. The first-order chi connectivity index (χ1) is 16.4. The third-order valence-electron chi connectivity index (χ3n) is 5.81. The van der Waals surface area contributed by atoms with Crippen LogP contribution in [-0.4, -0.2) is 35.1 Å². The number of benzene rings is 3. The molecule has 0 spiro atoms. The summed E-state index contributed by atoms with van der Waals surface area (Å²) in [5.74, 6) is -1.44. The zero-order chi connectivity index (χ0) is 24.3. The molecule has 1 saturated heterocycles. The molecule has 4 rings (SSSR count). The Labute approximate surface area is 201 Å². The lowest BCUT2D eigenvalue weighted by atomic mass is 9.87. The van der Waals surface area contributed by atoms with Gasteiger partial charge in [-0.05, 0) is 30.2 Å². The van der Waals surface area contributed by atoms with E-state index in [9.17, 15) is 19.2 Å². The van der Waals surface area contributed by atoms with Gasteiger partial charge in [0.05, 0.1) is 5.69 Å². The van der Waals surface area contributed by atoms with Crippen molar-refractivity contribution in [2.45, 2.75) is 18.9 Å². The topological polar surface area (TPSA) is 95.6 Å². The first kappa shape index (κ1) is 23.2. The molecule has 0 unspecified atom stereocenters. The number of halogens is 1. The number of nitrogens with one attached hydrogen (secondary N) is 2. The van der Waals surface area contributed by atoms with Crippen LogP contribution in [0.2, 0.25) is 5.02 Å². The molecule has 1 aliphatic heterocycles. The van der Waals surface area contributed by atoms with Gasteiger partial charge in [0, 0.05) is 16.1 Å². The van der Waals surface area contributed by atoms with Crippen LogP contribution >= 0.6 is 11.6 Å². The Morgan fingerprint density at radius 3 is 2.26 bits per heavy atom. The van der Waals surface area contributed by atoms with E-state index in [1.807, 2.05) is 6.07 Å². The number of hydrogen-bond donors (Lipinski definition) is 2. The van der Waals surface area contributed by atoms with Gasteiger partial charge in [0.15, 0.2) is 5.78 Å². The van der Waals surface area contributed by atoms with Crippen LogP contribution in [0.1, 0.15) is 34.8 Å². The third kappa shape index (κ3) is 4.30. The Morgan fingerprint density at radius 1 is 0.971 bits per heavy atom. The second kappa shape index (κ2) is 9.49. The Morgan fingerprint density at radius 2 is 1.62 bits per heavy atom. The quantitative estimate of drug-likeness (QED) is 0.392. The molecule has 1 atom stereocenters. The number of amides is 4. The summed E-state index contributed by atoms with van der Waals surface area (Å²) >= 11 is 6.10. The number of anilines is 1. The van der Waals surface area contributed by atoms with Gasteiger partial charge in [0.1, 0.15) is 12.1 Å². The number of carbonyl (C=O) groups excluding carboxylic acids is 4. The molecule has 0 aliphatic carbocycles. The van der Waals surface area contributed by atoms with Crippen molar-refractivity contribution in [3.8, 4) is 0 Å². The number of ketones is 1. The predicted octanol–water partition coefficient (Wildman–Crippen LogP) is 4.37. The molecular formula is C26H22ClN3O4. The van der Waals surface area contributed by atoms with Crippen molar-refractivity contribution in [3.63, 3.8) is 0 Å². The van der Waals surface area contributed by atoms with Crippen LogP contribution < -0.4 is 10.6 Å². The van der Waals surface area contributed by atoms with Crippen molar-refractivity contribution in [2.24, 2.45) is 0 Å². The molecule has 34 heavy (non-hydrogen) atoms. The Bertz CT molecular complexity index is 1260. The normalized spacial score (nSPS) is 17.4. The van der Waals surface area contributed by atoms with Gasteiger partial charge < -0.3 is 10.6 Å². The van der Waals surface area contributed by atoms with E-state index in [0.717, 1.165) is 4.90 Å². The number of urea groups is 1. The van der Waals surface area contributed by atoms with Gasteiger partial charge in [-0.2, -0.15) is 0 Å². The molecule has 0 aromatic heterocycles. The molecule has 1 aliphatic rings. The van der Waals surface area contributed by atoms with Crippen LogP contribution in [0.15, 0.2) is 78.9 Å². The number of rotatable bonds is 7. The molecule has 3 aromatic carbocycles. The van der Waals surface area contributed by atoms with E-state index >= 15 is 0 Å². The first-order valence-corrected chi connectivity index (χ1v) is 11.1. The minimum Gasteiger partial charge on any atom is -0.324 e. The SMILES string of the molecule is CC[C@]1(c2ccccc2)NC(=O)N(CC(=O)Nc2ccc(Cl)cc2C(=O)c2ccccc2)C1=O. The van der Waals surface area contributed by atoms with E-state index in [2.05, 4.69) is 10.6 Å². The van der Waals surface area contributed by atoms with Gasteiger partial charge in [0.2, 0.25) is 5.91 Å². The number of imide groups is 1. The average molecular weight is 476 g/mol. The smallest absolute Gasteiger partial charge is 0.324 e. The molecule has 8 heteroatoms. The number of carbonyl (C=O) groups is 4. The lowest BCUT2D eigenvalue weighted by molar-refractivity contribution is -0.134. The van der Waals surface area contributed by atoms with Crippen LogP contribution in [0.3, 0.4) is 0 Å². The highest BCUT2D eigenvalue weighted by molar-refractivity contribution is 6.31. The summed E-state index contributed by atoms with van der Waals surface area (Å²) in [7, 11) is 0. The molecule has 3 aromatic rings. The maximum Gasteiger partial charge on any atom is 0.325 e. The minimum atomic E-state index is -1.23. The fourth-order valence-corrected chi connectivity index (χ4v) is 4.20. The average Bonchev–Trinajstić information content (AvgIpc) is 3.11. The second-order valence-corrected chi connectivity index (χ2v) is 8.32. The highest BCUT2D eigenvalue weighted by atomic mass is 35.5. The molecule has 172 valence electrons. The van der Waals surface area contributed by atoms with E-state index in [-0.39, 0.29) is 17.0 Å². The van der Waals surface area contributed by atoms with E-state index in [1.54, 1.807) is 67.6 Å². The van der Waals surface area contributed by atoms with Crippen molar-refractivity contribution in [2.75, 3.05) is 11.9 Å². The van der Waals surface area contributed by atoms with Gasteiger partial charge in [-0.3, -0.25) is 19.3 Å². The summed E-state index contributed by atoms with van der Waals surface area (Å²) in [6.45, 7) is 1.30. The molecule has 4 amide bonds. The Kier molecular flexibility index (Phi) is 6.47. The van der Waals surface area contributed by atoms with Crippen molar-refractivity contribution in [1.82, 2.24) is 10.2 Å². The van der Waals surface area contributed by atoms with Crippen molar-refractivity contribution in [1.29, 1.82) is 0 Å². The van der Waals surface area contributed by atoms with Crippen LogP contribution in [0, 0.1) is 0 Å². The summed E-state index contributed by atoms with van der Waals surface area (Å²) in [5.41, 5.74) is 0.293. The van der Waals surface area contributed by atoms with Crippen LogP contribution in [0.5, 0.6) is 0 Å². The molecule has 0 saturated carbocycles. The molecule has 0 radical (unpaired) electrons. The van der Waals surface area contributed by atoms with E-state index in [0.29, 0.717) is 22.6 Å². The van der Waals surface area contributed by atoms with E-state index in [1.165, 1.54) is 12.1 Å². The summed E-state index contributed by atoms with van der Waals surface area (Å²) in [6, 6.07) is 21.4. The van der Waals surface area contributed by atoms with Gasteiger partial charge in [-0.25, -0.2) is 4.79 Å². The Balaban J connectivity index is 1.55. The van der Waals surface area contributed by atoms with Gasteiger partial charge in [-0.1, -0.05) is 79.2 Å². The fraction of sp³-hybridized carbons (Fsp3) is 0.154. The maximum absolute atomic E-state index is 13.3. The second-order valence-electron chi connectivity index (χ2n) is 7.88. The monoisotopic (exact) mass is 475 g/mol. The fourth-order valence-electron chi connectivity index (χ4n) is 4.02. The lowest BCUT2D eigenvalue weighted by Gasteiger charge is -2.25. The van der Waals surface area contributed by atoms with Gasteiger partial charge in [-0.15, -0.1) is 0 Å². The van der Waals surface area contributed by atoms with Gasteiger partial charge >= 0.3 is 6.03 Å². The number of hydrogen-bond acceptors (Lipinski definition) is 4. The van der Waals surface area contributed by atoms with Crippen molar-refractivity contribution in [3.05, 3.63) is 101 Å². The van der Waals surface area contributed by atoms with Crippen molar-refractivity contribution < 1.29 is 19.2 Å². The summed E-state index contributed by atoms with van der Waals surface area (Å²) in [4.78, 5) is 52.7. The van der Waals surface area contributed by atoms with Crippen LogP contribution in [-0.2, 0) is 15.1 Å². The van der Waals surface area contributed by atoms with Crippen LogP contribution in [0.25, 0.3) is 0 Å². The number of nitrogens with zero attached hydrogens (tertiary/aromatic N) is 1. The largest absolute Gasteiger partial charge is 0.325 e. The minimum absolute atomic E-state index is 0.205. The predicted molar refractivity (Wildman–Crippen MR) is 129 cm³/mol. The lowest BCUT2D eigenvalue weighted by Crippen LogP contribution is -2.44. The van der Waals surface area contributed by atoms with E-state index in [4.69, 9.17) is 11.6 Å². The summed E-state index contributed by atoms with van der Waals surface area (Å²) in [5, 5.41) is 5.73. The zero-order valence-corrected chi connectivity index (χ0v) is 19.1. The standard InChI is InChI=1S/C26H22ClN3O4/c1-2-26(18-11-7-4-8-12-18)24(33)30(25(34)29-26)16-22(31)28-21-14-13-19(27)15-20(21)23(32)17-9-5-3-6-10-17/h3-15H,2,16H2,1H3,(H,28,31)(H,29,34)/t26-/m1/s1. The van der Waals surface area contributed by atoms with Gasteiger partial charge in [0.25, 0.3) is 5.91 Å². The van der Waals surface area contributed by atoms with E-state index < -0.39 is 29.9 Å². The molecular weight excluding hydrogens is 454 g/mol. The maximum atomic E-state index is 13.3. The Hall–Kier alpha value is -3.97. The highest BCUT2D eigenvalue weighted by Gasteiger charge is 2.51. The molecule has 7 nitrogen and oxygen atoms in total. The molecule has 2 N–H and O–H groups in total. The van der Waals surface area contributed by atoms with Crippen LogP contribution in [0.4, 0.5) is 10.5 Å². The summed E-state index contributed by atoms with van der Waals surface area (Å²) in [6.07, 6.45) is 0.326.